The fourth-order valence-electron chi connectivity index (χ4n) is 1.18. The molecule has 0 atom stereocenters. The lowest BCUT2D eigenvalue weighted by atomic mass is 10.1. The first-order valence-electron chi connectivity index (χ1n) is 5.34. The van der Waals surface area contributed by atoms with E-state index < -0.39 is 0 Å². The number of hydrogen-bond acceptors (Lipinski definition) is 1. The number of aliphatic hydroxyl groups excluding tert-OH is 1. The van der Waals surface area contributed by atoms with Crippen molar-refractivity contribution in [2.24, 2.45) is 0 Å². The van der Waals surface area contributed by atoms with Crippen LogP contribution in [0.15, 0.2) is 24.3 Å². The molecular weight excluding hydrogens is 160 g/mol. The van der Waals surface area contributed by atoms with Crippen LogP contribution in [0.5, 0.6) is 0 Å². The van der Waals surface area contributed by atoms with Crippen LogP contribution in [0.25, 0.3) is 0 Å². The number of aliphatic hydroxyl groups is 1. The second-order valence-corrected chi connectivity index (χ2v) is 3.24. The standard InChI is InChI=1S/C12H22O/c1-2-3-4-5-6-7-8-9-10-11-12-13/h8-11,13H,2-7,12H2,1H3/b9-8+,11-10+. The molecule has 0 aromatic rings. The monoisotopic (exact) mass is 182 g/mol. The number of hydrogen-bond donors (Lipinski definition) is 1. The Bertz CT molecular complexity index is 136. The Morgan fingerprint density at radius 2 is 1.62 bits per heavy atom. The van der Waals surface area contributed by atoms with Gasteiger partial charge >= 0.3 is 0 Å². The minimum absolute atomic E-state index is 0.140. The maximum absolute atomic E-state index is 8.45. The van der Waals surface area contributed by atoms with Crippen molar-refractivity contribution in [2.75, 3.05) is 6.61 Å². The molecule has 0 aromatic carbocycles. The van der Waals surface area contributed by atoms with Crippen molar-refractivity contribution < 1.29 is 5.11 Å². The van der Waals surface area contributed by atoms with Gasteiger partial charge in [-0.25, -0.2) is 0 Å². The van der Waals surface area contributed by atoms with Gasteiger partial charge in [-0.2, -0.15) is 0 Å². The normalized spacial score (nSPS) is 11.8. The van der Waals surface area contributed by atoms with E-state index in [1.807, 2.05) is 12.2 Å². The van der Waals surface area contributed by atoms with E-state index in [1.54, 1.807) is 6.08 Å². The van der Waals surface area contributed by atoms with E-state index >= 15 is 0 Å². The molecule has 0 aliphatic heterocycles. The molecule has 0 rings (SSSR count). The first-order valence-corrected chi connectivity index (χ1v) is 5.34. The Hall–Kier alpha value is -0.560. The SMILES string of the molecule is CCCCCCC/C=C/C=C/CO. The summed E-state index contributed by atoms with van der Waals surface area (Å²) < 4.78 is 0. The van der Waals surface area contributed by atoms with E-state index in [4.69, 9.17) is 5.11 Å². The predicted octanol–water partition coefficient (Wildman–Crippen LogP) is 3.45. The number of allylic oxidation sites excluding steroid dienone is 3. The third-order valence-electron chi connectivity index (χ3n) is 1.96. The van der Waals surface area contributed by atoms with Gasteiger partial charge in [-0.3, -0.25) is 0 Å². The molecule has 0 saturated carbocycles. The second-order valence-electron chi connectivity index (χ2n) is 3.24. The molecule has 0 aliphatic carbocycles. The van der Waals surface area contributed by atoms with Crippen LogP contribution in [0.3, 0.4) is 0 Å². The van der Waals surface area contributed by atoms with E-state index in [0.717, 1.165) is 0 Å². The molecule has 0 unspecified atom stereocenters. The molecule has 13 heavy (non-hydrogen) atoms. The highest BCUT2D eigenvalue weighted by Crippen LogP contribution is 2.05. The van der Waals surface area contributed by atoms with Gasteiger partial charge in [0.15, 0.2) is 0 Å². The van der Waals surface area contributed by atoms with Crippen LogP contribution >= 0.6 is 0 Å². The summed E-state index contributed by atoms with van der Waals surface area (Å²) in [5.41, 5.74) is 0. The maximum Gasteiger partial charge on any atom is 0.0615 e. The third kappa shape index (κ3) is 11.4. The van der Waals surface area contributed by atoms with Gasteiger partial charge in [0.25, 0.3) is 0 Å². The maximum atomic E-state index is 8.45. The van der Waals surface area contributed by atoms with Gasteiger partial charge in [0, 0.05) is 0 Å². The van der Waals surface area contributed by atoms with Crippen molar-refractivity contribution in [1.29, 1.82) is 0 Å². The summed E-state index contributed by atoms with van der Waals surface area (Å²) in [6, 6.07) is 0. The highest BCUT2D eigenvalue weighted by molar-refractivity contribution is 5.02. The lowest BCUT2D eigenvalue weighted by molar-refractivity contribution is 0.343. The lowest BCUT2D eigenvalue weighted by Crippen LogP contribution is -1.75. The Balaban J connectivity index is 3.06. The van der Waals surface area contributed by atoms with Gasteiger partial charge in [0.2, 0.25) is 0 Å². The van der Waals surface area contributed by atoms with Gasteiger partial charge in [-0.1, -0.05) is 56.9 Å². The van der Waals surface area contributed by atoms with Crippen molar-refractivity contribution in [3.05, 3.63) is 24.3 Å². The second kappa shape index (κ2) is 11.4. The first-order chi connectivity index (χ1) is 6.41. The van der Waals surface area contributed by atoms with Crippen LogP contribution < -0.4 is 0 Å². The van der Waals surface area contributed by atoms with E-state index in [0.29, 0.717) is 0 Å². The molecule has 1 N–H and O–H groups in total. The van der Waals surface area contributed by atoms with E-state index in [1.165, 1.54) is 38.5 Å². The highest BCUT2D eigenvalue weighted by Gasteiger charge is 1.85. The quantitative estimate of drug-likeness (QED) is 0.450. The fraction of sp³-hybridized carbons (Fsp3) is 0.667. The van der Waals surface area contributed by atoms with Crippen molar-refractivity contribution >= 4 is 0 Å². The molecular formula is C12H22O. The van der Waals surface area contributed by atoms with Crippen LogP contribution in [-0.4, -0.2) is 11.7 Å². The smallest absolute Gasteiger partial charge is 0.0615 e. The topological polar surface area (TPSA) is 20.2 Å². The number of rotatable bonds is 8. The minimum Gasteiger partial charge on any atom is -0.392 e. The zero-order valence-electron chi connectivity index (χ0n) is 8.71. The van der Waals surface area contributed by atoms with Gasteiger partial charge in [-0.15, -0.1) is 0 Å². The Kier molecular flexibility index (Phi) is 10.9. The van der Waals surface area contributed by atoms with Crippen LogP contribution in [0.2, 0.25) is 0 Å². The van der Waals surface area contributed by atoms with Gasteiger partial charge in [0.05, 0.1) is 6.61 Å². The van der Waals surface area contributed by atoms with Crippen LogP contribution in [0.4, 0.5) is 0 Å². The summed E-state index contributed by atoms with van der Waals surface area (Å²) in [7, 11) is 0. The van der Waals surface area contributed by atoms with Crippen LogP contribution in [0.1, 0.15) is 45.4 Å². The zero-order valence-corrected chi connectivity index (χ0v) is 8.71. The average Bonchev–Trinajstić information content (AvgIpc) is 2.16. The van der Waals surface area contributed by atoms with Gasteiger partial charge in [-0.05, 0) is 12.8 Å². The summed E-state index contributed by atoms with van der Waals surface area (Å²) in [6.07, 6.45) is 15.7. The predicted molar refractivity (Wildman–Crippen MR) is 58.7 cm³/mol. The molecule has 1 heteroatoms. The van der Waals surface area contributed by atoms with Crippen molar-refractivity contribution in [3.8, 4) is 0 Å². The summed E-state index contributed by atoms with van der Waals surface area (Å²) in [5, 5.41) is 8.45. The first kappa shape index (κ1) is 12.4. The summed E-state index contributed by atoms with van der Waals surface area (Å²) >= 11 is 0. The Labute approximate surface area is 82.2 Å². The van der Waals surface area contributed by atoms with E-state index in [-0.39, 0.29) is 6.61 Å². The highest BCUT2D eigenvalue weighted by atomic mass is 16.2. The lowest BCUT2D eigenvalue weighted by Gasteiger charge is -1.95. The molecule has 0 saturated heterocycles. The summed E-state index contributed by atoms with van der Waals surface area (Å²) in [4.78, 5) is 0. The largest absolute Gasteiger partial charge is 0.392 e. The van der Waals surface area contributed by atoms with Gasteiger partial charge in [0.1, 0.15) is 0 Å². The molecule has 0 fully saturated rings. The minimum atomic E-state index is 0.140. The molecule has 0 aliphatic rings. The van der Waals surface area contributed by atoms with E-state index in [2.05, 4.69) is 13.0 Å². The van der Waals surface area contributed by atoms with Crippen molar-refractivity contribution in [3.63, 3.8) is 0 Å². The third-order valence-corrected chi connectivity index (χ3v) is 1.96. The molecule has 0 amide bonds. The average molecular weight is 182 g/mol. The number of unbranched alkanes of at least 4 members (excludes halogenated alkanes) is 5. The van der Waals surface area contributed by atoms with Crippen molar-refractivity contribution in [2.45, 2.75) is 45.4 Å². The molecule has 0 spiro atoms. The molecule has 0 aromatic heterocycles. The molecule has 1 nitrogen and oxygen atoms in total. The Morgan fingerprint density at radius 1 is 0.923 bits per heavy atom. The molecule has 76 valence electrons. The van der Waals surface area contributed by atoms with E-state index in [9.17, 15) is 0 Å². The van der Waals surface area contributed by atoms with Gasteiger partial charge < -0.3 is 5.11 Å². The van der Waals surface area contributed by atoms with Crippen LogP contribution in [-0.2, 0) is 0 Å². The molecule has 0 radical (unpaired) electrons. The Morgan fingerprint density at radius 3 is 2.31 bits per heavy atom. The fourth-order valence-corrected chi connectivity index (χ4v) is 1.18. The molecule has 0 heterocycles. The molecule has 0 bridgehead atoms. The summed E-state index contributed by atoms with van der Waals surface area (Å²) in [5.74, 6) is 0. The van der Waals surface area contributed by atoms with Crippen molar-refractivity contribution in [1.82, 2.24) is 0 Å². The zero-order chi connectivity index (χ0) is 9.78. The summed E-state index contributed by atoms with van der Waals surface area (Å²) in [6.45, 7) is 2.38. The van der Waals surface area contributed by atoms with Crippen LogP contribution in [0, 0.1) is 0 Å².